The molecule has 2 aromatic heterocycles. The highest BCUT2D eigenvalue weighted by Crippen LogP contribution is 2.54. The molecule has 162 valence electrons. The maximum atomic E-state index is 12.6. The van der Waals surface area contributed by atoms with E-state index in [1.807, 2.05) is 30.3 Å². The van der Waals surface area contributed by atoms with Crippen LogP contribution in [0.1, 0.15) is 25.7 Å². The highest BCUT2D eigenvalue weighted by molar-refractivity contribution is 5.88. The Labute approximate surface area is 183 Å². The summed E-state index contributed by atoms with van der Waals surface area (Å²) in [5.74, 6) is 1.34. The lowest BCUT2D eigenvalue weighted by atomic mass is 9.57. The molecule has 1 saturated carbocycles. The fourth-order valence-electron chi connectivity index (χ4n) is 5.24. The van der Waals surface area contributed by atoms with Crippen molar-refractivity contribution >= 4 is 16.6 Å². The maximum absolute atomic E-state index is 12.6. The molecule has 2 aliphatic rings. The van der Waals surface area contributed by atoms with E-state index in [0.29, 0.717) is 17.9 Å². The number of benzene rings is 1. The average molecular weight is 420 g/mol. The minimum absolute atomic E-state index is 0.237. The van der Waals surface area contributed by atoms with Crippen molar-refractivity contribution in [2.24, 2.45) is 18.4 Å². The number of anilines is 1. The minimum atomic E-state index is -0.237. The van der Waals surface area contributed by atoms with Crippen LogP contribution in [0.25, 0.3) is 21.9 Å². The van der Waals surface area contributed by atoms with Gasteiger partial charge in [-0.3, -0.25) is 4.68 Å². The largest absolute Gasteiger partial charge is 0.344 e. The first-order valence-corrected chi connectivity index (χ1v) is 11.2. The van der Waals surface area contributed by atoms with Crippen LogP contribution in [0.3, 0.4) is 0 Å². The molecular weight excluding hydrogens is 389 g/mol. The van der Waals surface area contributed by atoms with E-state index in [9.17, 15) is 4.39 Å². The van der Waals surface area contributed by atoms with Crippen molar-refractivity contribution in [2.75, 3.05) is 31.6 Å². The SMILES string of the molecule is C=C(Nc1cc2cc(-c3cnn(C)c3)ccc2cn1)C1CC2(CCN(CCF)CC2)C1. The molecule has 3 heterocycles. The highest BCUT2D eigenvalue weighted by atomic mass is 19.1. The first-order valence-electron chi connectivity index (χ1n) is 11.2. The van der Waals surface area contributed by atoms with Gasteiger partial charge in [0.2, 0.25) is 0 Å². The molecule has 0 bridgehead atoms. The summed E-state index contributed by atoms with van der Waals surface area (Å²) in [6.07, 6.45) is 10.6. The molecule has 5 nitrogen and oxygen atoms in total. The maximum Gasteiger partial charge on any atom is 0.130 e. The average Bonchev–Trinajstić information content (AvgIpc) is 3.19. The number of allylic oxidation sites excluding steroid dienone is 1. The van der Waals surface area contributed by atoms with Crippen LogP contribution in [0.5, 0.6) is 0 Å². The molecule has 6 heteroatoms. The van der Waals surface area contributed by atoms with Crippen molar-refractivity contribution in [2.45, 2.75) is 25.7 Å². The van der Waals surface area contributed by atoms with E-state index < -0.39 is 0 Å². The Morgan fingerprint density at radius 1 is 1.16 bits per heavy atom. The van der Waals surface area contributed by atoms with Crippen LogP contribution in [-0.2, 0) is 7.05 Å². The van der Waals surface area contributed by atoms with Crippen molar-refractivity contribution in [3.8, 4) is 11.1 Å². The van der Waals surface area contributed by atoms with Gasteiger partial charge in [0.15, 0.2) is 0 Å². The van der Waals surface area contributed by atoms with Crippen LogP contribution in [-0.4, -0.2) is 46.0 Å². The number of piperidine rings is 1. The predicted octanol–water partition coefficient (Wildman–Crippen LogP) is 5.02. The van der Waals surface area contributed by atoms with Crippen LogP contribution in [0.15, 0.2) is 55.1 Å². The van der Waals surface area contributed by atoms with E-state index in [1.165, 1.54) is 25.7 Å². The van der Waals surface area contributed by atoms with E-state index >= 15 is 0 Å². The number of halogens is 1. The zero-order valence-corrected chi connectivity index (χ0v) is 18.1. The van der Waals surface area contributed by atoms with Gasteiger partial charge < -0.3 is 10.2 Å². The number of likely N-dealkylation sites (tertiary alicyclic amines) is 1. The Balaban J connectivity index is 1.23. The first kappa shape index (κ1) is 20.2. The van der Waals surface area contributed by atoms with Crippen molar-refractivity contribution in [3.05, 3.63) is 55.1 Å². The number of hydrogen-bond donors (Lipinski definition) is 1. The third kappa shape index (κ3) is 4.09. The smallest absolute Gasteiger partial charge is 0.130 e. The molecule has 1 N–H and O–H groups in total. The number of rotatable bonds is 6. The Hall–Kier alpha value is -2.73. The molecule has 1 aliphatic carbocycles. The molecule has 5 rings (SSSR count). The number of aryl methyl sites for hydroxylation is 1. The fourth-order valence-corrected chi connectivity index (χ4v) is 5.24. The topological polar surface area (TPSA) is 46.0 Å². The standard InChI is InChI=1S/C25H30FN5/c1-18(22-13-25(14-22)5-8-31(9-6-25)10-7-26)29-24-12-21-11-19(3-4-20(21)15-27-24)23-16-28-30(2)17-23/h3-4,11-12,15-17,22H,1,5-10,13-14H2,2H3,(H,27,29). The number of pyridine rings is 1. The number of alkyl halides is 1. The Morgan fingerprint density at radius 3 is 2.68 bits per heavy atom. The lowest BCUT2D eigenvalue weighted by Gasteiger charge is -2.52. The second-order valence-corrected chi connectivity index (χ2v) is 9.32. The van der Waals surface area contributed by atoms with Gasteiger partial charge >= 0.3 is 0 Å². The summed E-state index contributed by atoms with van der Waals surface area (Å²) in [4.78, 5) is 6.85. The molecule has 31 heavy (non-hydrogen) atoms. The van der Waals surface area contributed by atoms with Gasteiger partial charge in [-0.2, -0.15) is 5.10 Å². The molecule has 0 radical (unpaired) electrons. The van der Waals surface area contributed by atoms with Gasteiger partial charge in [0, 0.05) is 42.6 Å². The summed E-state index contributed by atoms with van der Waals surface area (Å²) in [6.45, 7) is 6.73. The highest BCUT2D eigenvalue weighted by Gasteiger charge is 2.46. The zero-order chi connectivity index (χ0) is 21.4. The molecule has 0 amide bonds. The summed E-state index contributed by atoms with van der Waals surface area (Å²) in [6, 6.07) is 8.50. The van der Waals surface area contributed by atoms with E-state index in [1.54, 1.807) is 0 Å². The third-order valence-electron chi connectivity index (χ3n) is 7.22. The van der Waals surface area contributed by atoms with Gasteiger partial charge in [-0.05, 0) is 73.2 Å². The number of hydrogen-bond acceptors (Lipinski definition) is 4. The first-order chi connectivity index (χ1) is 15.0. The fraction of sp³-hybridized carbons (Fsp3) is 0.440. The normalized spacial score (nSPS) is 18.9. The quantitative estimate of drug-likeness (QED) is 0.609. The zero-order valence-electron chi connectivity index (χ0n) is 18.1. The van der Waals surface area contributed by atoms with E-state index in [4.69, 9.17) is 0 Å². The summed E-state index contributed by atoms with van der Waals surface area (Å²) in [7, 11) is 1.93. The van der Waals surface area contributed by atoms with Crippen LogP contribution in [0, 0.1) is 11.3 Å². The molecular formula is C25H30FN5. The van der Waals surface area contributed by atoms with Gasteiger partial charge in [0.1, 0.15) is 12.5 Å². The molecule has 1 spiro atoms. The predicted molar refractivity (Wildman–Crippen MR) is 124 cm³/mol. The van der Waals surface area contributed by atoms with Crippen LogP contribution in [0.4, 0.5) is 10.2 Å². The lowest BCUT2D eigenvalue weighted by Crippen LogP contribution is -2.48. The molecule has 2 fully saturated rings. The van der Waals surface area contributed by atoms with E-state index in [0.717, 1.165) is 46.5 Å². The van der Waals surface area contributed by atoms with Gasteiger partial charge in [-0.15, -0.1) is 0 Å². The molecule has 3 aromatic rings. The van der Waals surface area contributed by atoms with E-state index in [-0.39, 0.29) is 6.67 Å². The molecule has 1 aliphatic heterocycles. The van der Waals surface area contributed by atoms with Gasteiger partial charge in [-0.1, -0.05) is 18.7 Å². The number of aromatic nitrogens is 3. The van der Waals surface area contributed by atoms with Crippen LogP contribution >= 0.6 is 0 Å². The summed E-state index contributed by atoms with van der Waals surface area (Å²) in [5.41, 5.74) is 3.76. The third-order valence-corrected chi connectivity index (χ3v) is 7.22. The van der Waals surface area contributed by atoms with Crippen LogP contribution < -0.4 is 5.32 Å². The summed E-state index contributed by atoms with van der Waals surface area (Å²) in [5, 5.41) is 10.0. The van der Waals surface area contributed by atoms with Crippen molar-refractivity contribution in [1.82, 2.24) is 19.7 Å². The summed E-state index contributed by atoms with van der Waals surface area (Å²) >= 11 is 0. The van der Waals surface area contributed by atoms with Crippen LogP contribution in [0.2, 0.25) is 0 Å². The van der Waals surface area contributed by atoms with Gasteiger partial charge in [0.05, 0.1) is 6.20 Å². The molecule has 0 unspecified atom stereocenters. The number of fused-ring (bicyclic) bond motifs is 1. The monoisotopic (exact) mass is 419 g/mol. The second kappa shape index (κ2) is 8.08. The molecule has 0 atom stereocenters. The van der Waals surface area contributed by atoms with Crippen molar-refractivity contribution < 1.29 is 4.39 Å². The van der Waals surface area contributed by atoms with Gasteiger partial charge in [-0.25, -0.2) is 9.37 Å². The van der Waals surface area contributed by atoms with Crippen molar-refractivity contribution in [1.29, 1.82) is 0 Å². The van der Waals surface area contributed by atoms with E-state index in [2.05, 4.69) is 51.1 Å². The second-order valence-electron chi connectivity index (χ2n) is 9.32. The van der Waals surface area contributed by atoms with Gasteiger partial charge in [0.25, 0.3) is 0 Å². The Bertz CT molecular complexity index is 1090. The Kier molecular flexibility index (Phi) is 5.26. The van der Waals surface area contributed by atoms with Crippen molar-refractivity contribution in [3.63, 3.8) is 0 Å². The lowest BCUT2D eigenvalue weighted by molar-refractivity contribution is -0.0000988. The minimum Gasteiger partial charge on any atom is -0.344 e. The Morgan fingerprint density at radius 2 is 1.97 bits per heavy atom. The number of nitrogens with one attached hydrogen (secondary N) is 1. The summed E-state index contributed by atoms with van der Waals surface area (Å²) < 4.78 is 14.4. The molecule has 1 aromatic carbocycles. The number of nitrogens with zero attached hydrogens (tertiary/aromatic N) is 4. The molecule has 1 saturated heterocycles.